The van der Waals surface area contributed by atoms with Crippen LogP contribution in [-0.4, -0.2) is 21.0 Å². The van der Waals surface area contributed by atoms with Crippen LogP contribution in [0, 0.1) is 5.92 Å². The fraction of sp³-hybridized carbons (Fsp3) is 0.357. The van der Waals surface area contributed by atoms with Crippen LogP contribution in [0.5, 0.6) is 0 Å². The standard InChI is InChI=1S/C14H14N2O2/c17-11-5-3-4-10(8-11)14(18)12-9-16-7-2-1-6-13(16)15-12/h1-2,6-7,9-10H,3-5,8H2. The van der Waals surface area contributed by atoms with Crippen molar-refractivity contribution in [3.8, 4) is 0 Å². The van der Waals surface area contributed by atoms with Gasteiger partial charge in [0.25, 0.3) is 0 Å². The third kappa shape index (κ3) is 1.94. The predicted octanol–water partition coefficient (Wildman–Crippen LogP) is 2.28. The van der Waals surface area contributed by atoms with Crippen molar-refractivity contribution in [2.75, 3.05) is 0 Å². The van der Waals surface area contributed by atoms with Gasteiger partial charge in [-0.05, 0) is 25.0 Å². The summed E-state index contributed by atoms with van der Waals surface area (Å²) >= 11 is 0. The summed E-state index contributed by atoms with van der Waals surface area (Å²) in [5.74, 6) is 0.0336. The van der Waals surface area contributed by atoms with Gasteiger partial charge in [0, 0.05) is 31.2 Å². The van der Waals surface area contributed by atoms with Crippen molar-refractivity contribution in [3.05, 3.63) is 36.3 Å². The van der Waals surface area contributed by atoms with E-state index >= 15 is 0 Å². The van der Waals surface area contributed by atoms with Crippen LogP contribution in [0.1, 0.15) is 36.2 Å². The Morgan fingerprint density at radius 2 is 2.28 bits per heavy atom. The number of hydrogen-bond donors (Lipinski definition) is 0. The lowest BCUT2D eigenvalue weighted by Crippen LogP contribution is -2.23. The van der Waals surface area contributed by atoms with Gasteiger partial charge in [0.1, 0.15) is 17.1 Å². The first-order valence-corrected chi connectivity index (χ1v) is 6.24. The molecule has 1 aliphatic carbocycles. The minimum absolute atomic E-state index is 0.00625. The average molecular weight is 242 g/mol. The van der Waals surface area contributed by atoms with Crippen LogP contribution >= 0.6 is 0 Å². The van der Waals surface area contributed by atoms with E-state index in [2.05, 4.69) is 4.98 Å². The summed E-state index contributed by atoms with van der Waals surface area (Å²) in [5.41, 5.74) is 1.24. The molecule has 4 nitrogen and oxygen atoms in total. The number of hydrogen-bond acceptors (Lipinski definition) is 3. The number of nitrogens with zero attached hydrogens (tertiary/aromatic N) is 2. The van der Waals surface area contributed by atoms with Gasteiger partial charge in [0.15, 0.2) is 5.78 Å². The van der Waals surface area contributed by atoms with Crippen molar-refractivity contribution in [1.82, 2.24) is 9.38 Å². The van der Waals surface area contributed by atoms with E-state index in [-0.39, 0.29) is 17.5 Å². The molecule has 1 atom stereocenters. The van der Waals surface area contributed by atoms with Gasteiger partial charge in [-0.1, -0.05) is 6.07 Å². The number of fused-ring (bicyclic) bond motifs is 1. The Balaban J connectivity index is 1.89. The molecule has 0 spiro atoms. The largest absolute Gasteiger partial charge is 0.306 e. The molecule has 92 valence electrons. The Labute approximate surface area is 105 Å². The number of imidazole rings is 1. The Kier molecular flexibility index (Phi) is 2.70. The molecule has 1 saturated carbocycles. The molecule has 0 amide bonds. The lowest BCUT2D eigenvalue weighted by atomic mass is 9.84. The fourth-order valence-electron chi connectivity index (χ4n) is 2.51. The summed E-state index contributed by atoms with van der Waals surface area (Å²) < 4.78 is 1.83. The predicted molar refractivity (Wildman–Crippen MR) is 66.5 cm³/mol. The number of pyridine rings is 1. The van der Waals surface area contributed by atoms with E-state index in [9.17, 15) is 9.59 Å². The van der Waals surface area contributed by atoms with Gasteiger partial charge in [-0.3, -0.25) is 9.59 Å². The molecule has 2 heterocycles. The molecule has 4 heteroatoms. The second-order valence-corrected chi connectivity index (χ2v) is 4.79. The maximum atomic E-state index is 12.3. The highest BCUT2D eigenvalue weighted by atomic mass is 16.1. The fourth-order valence-corrected chi connectivity index (χ4v) is 2.51. The first-order chi connectivity index (χ1) is 8.74. The van der Waals surface area contributed by atoms with Gasteiger partial charge in [-0.2, -0.15) is 0 Å². The van der Waals surface area contributed by atoms with E-state index in [1.165, 1.54) is 0 Å². The van der Waals surface area contributed by atoms with E-state index < -0.39 is 0 Å². The van der Waals surface area contributed by atoms with Crippen LogP contribution < -0.4 is 0 Å². The van der Waals surface area contributed by atoms with E-state index in [1.54, 1.807) is 6.20 Å². The molecule has 1 aliphatic rings. The molecule has 0 radical (unpaired) electrons. The van der Waals surface area contributed by atoms with Gasteiger partial charge in [-0.15, -0.1) is 0 Å². The molecule has 1 unspecified atom stereocenters. The molecular formula is C14H14N2O2. The number of rotatable bonds is 2. The molecule has 18 heavy (non-hydrogen) atoms. The summed E-state index contributed by atoms with van der Waals surface area (Å²) in [7, 11) is 0. The highest BCUT2D eigenvalue weighted by Gasteiger charge is 2.27. The van der Waals surface area contributed by atoms with Crippen LogP contribution in [0.25, 0.3) is 5.65 Å². The third-order valence-corrected chi connectivity index (χ3v) is 3.47. The van der Waals surface area contributed by atoms with Crippen LogP contribution in [0.15, 0.2) is 30.6 Å². The second-order valence-electron chi connectivity index (χ2n) is 4.79. The minimum atomic E-state index is -0.170. The molecule has 3 rings (SSSR count). The van der Waals surface area contributed by atoms with Crippen LogP contribution in [0.3, 0.4) is 0 Å². The number of ketones is 2. The molecule has 0 aliphatic heterocycles. The van der Waals surface area contributed by atoms with Crippen LogP contribution in [0.4, 0.5) is 0 Å². The Bertz CT molecular complexity index is 582. The molecule has 1 fully saturated rings. The smallest absolute Gasteiger partial charge is 0.186 e. The SMILES string of the molecule is O=C1CCCC(C(=O)c2cn3ccccc3n2)C1. The number of carbonyl (C=O) groups is 2. The molecule has 2 aromatic heterocycles. The van der Waals surface area contributed by atoms with Crippen molar-refractivity contribution in [2.45, 2.75) is 25.7 Å². The maximum absolute atomic E-state index is 12.3. The van der Waals surface area contributed by atoms with E-state index in [0.717, 1.165) is 18.5 Å². The van der Waals surface area contributed by atoms with Gasteiger partial charge in [-0.25, -0.2) is 4.98 Å². The molecular weight excluding hydrogens is 228 g/mol. The first kappa shape index (κ1) is 11.1. The normalized spacial score (nSPS) is 20.2. The van der Waals surface area contributed by atoms with Crippen LogP contribution in [0.2, 0.25) is 0 Å². The molecule has 2 aromatic rings. The van der Waals surface area contributed by atoms with Crippen molar-refractivity contribution in [3.63, 3.8) is 0 Å². The number of carbonyl (C=O) groups excluding carboxylic acids is 2. The van der Waals surface area contributed by atoms with Crippen molar-refractivity contribution in [2.24, 2.45) is 5.92 Å². The molecule has 0 aromatic carbocycles. The monoisotopic (exact) mass is 242 g/mol. The Morgan fingerprint density at radius 1 is 1.39 bits per heavy atom. The highest BCUT2D eigenvalue weighted by molar-refractivity contribution is 5.99. The average Bonchev–Trinajstić information content (AvgIpc) is 2.81. The Hall–Kier alpha value is -1.97. The number of aromatic nitrogens is 2. The minimum Gasteiger partial charge on any atom is -0.306 e. The van der Waals surface area contributed by atoms with Crippen molar-refractivity contribution >= 4 is 17.2 Å². The zero-order valence-corrected chi connectivity index (χ0v) is 10.0. The lowest BCUT2D eigenvalue weighted by Gasteiger charge is -2.18. The van der Waals surface area contributed by atoms with Gasteiger partial charge in [0.05, 0.1) is 0 Å². The number of Topliss-reactive ketones (excluding diaryl/α,β-unsaturated/α-hetero) is 2. The summed E-state index contributed by atoms with van der Waals surface area (Å²) in [6, 6.07) is 5.65. The Morgan fingerprint density at radius 3 is 3.06 bits per heavy atom. The van der Waals surface area contributed by atoms with E-state index in [1.807, 2.05) is 28.8 Å². The highest BCUT2D eigenvalue weighted by Crippen LogP contribution is 2.24. The van der Waals surface area contributed by atoms with E-state index in [4.69, 9.17) is 0 Å². The molecule has 0 N–H and O–H groups in total. The summed E-state index contributed by atoms with van der Waals surface area (Å²) in [4.78, 5) is 28.0. The topological polar surface area (TPSA) is 51.4 Å². The first-order valence-electron chi connectivity index (χ1n) is 6.24. The van der Waals surface area contributed by atoms with Gasteiger partial charge < -0.3 is 4.40 Å². The molecule has 0 saturated heterocycles. The zero-order chi connectivity index (χ0) is 12.5. The maximum Gasteiger partial charge on any atom is 0.186 e. The quantitative estimate of drug-likeness (QED) is 0.759. The summed E-state index contributed by atoms with van der Waals surface area (Å²) in [5, 5.41) is 0. The van der Waals surface area contributed by atoms with Gasteiger partial charge >= 0.3 is 0 Å². The third-order valence-electron chi connectivity index (χ3n) is 3.47. The van der Waals surface area contributed by atoms with E-state index in [0.29, 0.717) is 18.5 Å². The second kappa shape index (κ2) is 4.37. The zero-order valence-electron chi connectivity index (χ0n) is 10.0. The lowest BCUT2D eigenvalue weighted by molar-refractivity contribution is -0.121. The molecule has 0 bridgehead atoms. The van der Waals surface area contributed by atoms with Crippen LogP contribution in [-0.2, 0) is 4.79 Å². The summed E-state index contributed by atoms with van der Waals surface area (Å²) in [6.07, 6.45) is 6.24. The van der Waals surface area contributed by atoms with Crippen molar-refractivity contribution < 1.29 is 9.59 Å². The summed E-state index contributed by atoms with van der Waals surface area (Å²) in [6.45, 7) is 0. The van der Waals surface area contributed by atoms with Gasteiger partial charge in [0.2, 0.25) is 0 Å². The van der Waals surface area contributed by atoms with Crippen molar-refractivity contribution in [1.29, 1.82) is 0 Å².